The Morgan fingerprint density at radius 2 is 1.84 bits per heavy atom. The number of aromatic nitrogens is 3. The first-order valence-electron chi connectivity index (χ1n) is 12.0. The third kappa shape index (κ3) is 3.98. The number of carbonyl (C=O) groups is 1. The molecule has 32 heavy (non-hydrogen) atoms. The Morgan fingerprint density at radius 3 is 2.62 bits per heavy atom. The standard InChI is InChI=1S/C26H33N5O/c1-18-9-11-21(12-10-18)26(32)30-14-5-4-8-23(30)22-15-24-27-25(20(3)17-31(24)28-22)29-13-6-7-19(2)16-29/h9-12,15,17,19,23H,4-8,13-14,16H2,1-3H3/t19-,23-/m0/s1. The quantitative estimate of drug-likeness (QED) is 0.589. The van der Waals surface area contributed by atoms with Gasteiger partial charge in [0.05, 0.1) is 11.7 Å². The summed E-state index contributed by atoms with van der Waals surface area (Å²) < 4.78 is 1.89. The lowest BCUT2D eigenvalue weighted by molar-refractivity contribution is 0.0605. The van der Waals surface area contributed by atoms with Crippen molar-refractivity contribution in [3.05, 3.63) is 58.9 Å². The van der Waals surface area contributed by atoms with Crippen molar-refractivity contribution < 1.29 is 4.79 Å². The summed E-state index contributed by atoms with van der Waals surface area (Å²) in [5.74, 6) is 1.87. The summed E-state index contributed by atoms with van der Waals surface area (Å²) in [4.78, 5) is 22.8. The monoisotopic (exact) mass is 431 g/mol. The molecule has 2 atom stereocenters. The van der Waals surface area contributed by atoms with E-state index >= 15 is 0 Å². The lowest BCUT2D eigenvalue weighted by Gasteiger charge is -2.34. The van der Waals surface area contributed by atoms with E-state index in [1.165, 1.54) is 12.8 Å². The maximum atomic E-state index is 13.3. The van der Waals surface area contributed by atoms with Crippen molar-refractivity contribution in [1.82, 2.24) is 19.5 Å². The first kappa shape index (κ1) is 21.0. The number of benzene rings is 1. The molecule has 168 valence electrons. The van der Waals surface area contributed by atoms with Gasteiger partial charge in [-0.15, -0.1) is 0 Å². The Hall–Kier alpha value is -2.89. The highest BCUT2D eigenvalue weighted by Crippen LogP contribution is 2.33. The Balaban J connectivity index is 1.45. The molecule has 0 spiro atoms. The van der Waals surface area contributed by atoms with Crippen LogP contribution in [0.3, 0.4) is 0 Å². The zero-order valence-electron chi connectivity index (χ0n) is 19.4. The summed E-state index contributed by atoms with van der Waals surface area (Å²) in [5.41, 5.74) is 4.88. The predicted octanol–water partition coefficient (Wildman–Crippen LogP) is 4.95. The van der Waals surface area contributed by atoms with Gasteiger partial charge in [-0.3, -0.25) is 4.79 Å². The average Bonchev–Trinajstić information content (AvgIpc) is 3.21. The molecule has 3 aromatic rings. The summed E-state index contributed by atoms with van der Waals surface area (Å²) in [7, 11) is 0. The molecule has 1 amide bonds. The molecule has 2 aliphatic rings. The fourth-order valence-corrected chi connectivity index (χ4v) is 5.23. The van der Waals surface area contributed by atoms with Crippen LogP contribution in [-0.4, -0.2) is 45.0 Å². The SMILES string of the molecule is Cc1ccc(C(=O)N2CCCC[C@H]2c2cc3nc(N4CCC[C@H](C)C4)c(C)cn3n2)cc1. The minimum absolute atomic E-state index is 0.00184. The highest BCUT2D eigenvalue weighted by molar-refractivity contribution is 5.94. The van der Waals surface area contributed by atoms with E-state index in [9.17, 15) is 4.79 Å². The van der Waals surface area contributed by atoms with Crippen LogP contribution in [-0.2, 0) is 0 Å². The molecule has 5 rings (SSSR count). The van der Waals surface area contributed by atoms with E-state index in [4.69, 9.17) is 10.1 Å². The van der Waals surface area contributed by atoms with E-state index < -0.39 is 0 Å². The molecular formula is C26H33N5O. The van der Waals surface area contributed by atoms with Crippen LogP contribution in [0.2, 0.25) is 0 Å². The van der Waals surface area contributed by atoms with Gasteiger partial charge in [-0.2, -0.15) is 5.10 Å². The second-order valence-corrected chi connectivity index (χ2v) is 9.69. The molecule has 2 fully saturated rings. The Kier molecular flexibility index (Phi) is 5.62. The molecule has 2 aromatic heterocycles. The summed E-state index contributed by atoms with van der Waals surface area (Å²) in [5, 5.41) is 4.88. The first-order chi connectivity index (χ1) is 15.5. The molecule has 0 aliphatic carbocycles. The maximum Gasteiger partial charge on any atom is 0.254 e. The lowest BCUT2D eigenvalue weighted by Crippen LogP contribution is -2.38. The van der Waals surface area contributed by atoms with Crippen LogP contribution in [0.1, 0.15) is 72.2 Å². The van der Waals surface area contributed by atoms with Gasteiger partial charge in [0.25, 0.3) is 5.91 Å². The lowest BCUT2D eigenvalue weighted by atomic mass is 9.98. The van der Waals surface area contributed by atoms with Gasteiger partial charge in [0.1, 0.15) is 5.82 Å². The van der Waals surface area contributed by atoms with E-state index in [1.807, 2.05) is 40.6 Å². The Morgan fingerprint density at radius 1 is 1.03 bits per heavy atom. The Bertz CT molecular complexity index is 1120. The van der Waals surface area contributed by atoms with Gasteiger partial charge in [0, 0.05) is 43.0 Å². The molecule has 6 heteroatoms. The number of fused-ring (bicyclic) bond motifs is 1. The van der Waals surface area contributed by atoms with Crippen molar-refractivity contribution in [3.63, 3.8) is 0 Å². The number of nitrogens with zero attached hydrogens (tertiary/aromatic N) is 5. The Labute approximate surface area is 190 Å². The molecule has 0 N–H and O–H groups in total. The summed E-state index contributed by atoms with van der Waals surface area (Å²) in [6.07, 6.45) is 7.69. The van der Waals surface area contributed by atoms with Crippen LogP contribution < -0.4 is 4.90 Å². The fraction of sp³-hybridized carbons (Fsp3) is 0.500. The fourth-order valence-electron chi connectivity index (χ4n) is 5.23. The zero-order valence-corrected chi connectivity index (χ0v) is 19.4. The van der Waals surface area contributed by atoms with Crippen molar-refractivity contribution in [2.75, 3.05) is 24.5 Å². The molecule has 4 heterocycles. The number of aryl methyl sites for hydroxylation is 2. The van der Waals surface area contributed by atoms with Gasteiger partial charge >= 0.3 is 0 Å². The largest absolute Gasteiger partial charge is 0.356 e. The van der Waals surface area contributed by atoms with Gasteiger partial charge in [0.2, 0.25) is 0 Å². The average molecular weight is 432 g/mol. The smallest absolute Gasteiger partial charge is 0.254 e. The number of carbonyl (C=O) groups excluding carboxylic acids is 1. The normalized spacial score (nSPS) is 21.8. The molecule has 0 bridgehead atoms. The molecule has 2 aliphatic heterocycles. The van der Waals surface area contributed by atoms with Gasteiger partial charge in [-0.25, -0.2) is 9.50 Å². The molecule has 6 nitrogen and oxygen atoms in total. The molecule has 0 unspecified atom stereocenters. The van der Waals surface area contributed by atoms with Crippen molar-refractivity contribution in [2.24, 2.45) is 5.92 Å². The number of hydrogen-bond donors (Lipinski definition) is 0. The molecular weight excluding hydrogens is 398 g/mol. The zero-order chi connectivity index (χ0) is 22.2. The number of amides is 1. The van der Waals surface area contributed by atoms with Crippen molar-refractivity contribution in [2.45, 2.75) is 58.9 Å². The third-order valence-corrected chi connectivity index (χ3v) is 6.98. The predicted molar refractivity (Wildman–Crippen MR) is 127 cm³/mol. The van der Waals surface area contributed by atoms with Crippen LogP contribution in [0.5, 0.6) is 0 Å². The van der Waals surface area contributed by atoms with Gasteiger partial charge in [-0.05, 0) is 64.0 Å². The topological polar surface area (TPSA) is 53.7 Å². The molecule has 0 saturated carbocycles. The number of rotatable bonds is 3. The highest BCUT2D eigenvalue weighted by atomic mass is 16.2. The highest BCUT2D eigenvalue weighted by Gasteiger charge is 2.31. The van der Waals surface area contributed by atoms with Crippen LogP contribution in [0.15, 0.2) is 36.5 Å². The van der Waals surface area contributed by atoms with Crippen LogP contribution in [0.25, 0.3) is 5.65 Å². The van der Waals surface area contributed by atoms with E-state index in [0.29, 0.717) is 5.92 Å². The number of hydrogen-bond acceptors (Lipinski definition) is 4. The van der Waals surface area contributed by atoms with Crippen LogP contribution >= 0.6 is 0 Å². The van der Waals surface area contributed by atoms with Gasteiger partial charge in [-0.1, -0.05) is 24.6 Å². The van der Waals surface area contributed by atoms with Gasteiger partial charge < -0.3 is 9.80 Å². The second kappa shape index (κ2) is 8.57. The first-order valence-corrected chi connectivity index (χ1v) is 12.0. The third-order valence-electron chi connectivity index (χ3n) is 6.98. The summed E-state index contributed by atoms with van der Waals surface area (Å²) >= 11 is 0. The summed E-state index contributed by atoms with van der Waals surface area (Å²) in [6, 6.07) is 9.97. The minimum atomic E-state index is -0.00184. The van der Waals surface area contributed by atoms with E-state index in [0.717, 1.165) is 72.7 Å². The molecule has 1 aromatic carbocycles. The molecule has 0 radical (unpaired) electrons. The van der Waals surface area contributed by atoms with E-state index in [-0.39, 0.29) is 11.9 Å². The molecule has 2 saturated heterocycles. The van der Waals surface area contributed by atoms with Crippen LogP contribution in [0.4, 0.5) is 5.82 Å². The maximum absolute atomic E-state index is 13.3. The van der Waals surface area contributed by atoms with Crippen molar-refractivity contribution >= 4 is 17.4 Å². The van der Waals surface area contributed by atoms with Crippen molar-refractivity contribution in [1.29, 1.82) is 0 Å². The number of anilines is 1. The minimum Gasteiger partial charge on any atom is -0.356 e. The number of piperidine rings is 2. The van der Waals surface area contributed by atoms with E-state index in [2.05, 4.69) is 31.0 Å². The summed E-state index contributed by atoms with van der Waals surface area (Å²) in [6.45, 7) is 9.39. The van der Waals surface area contributed by atoms with E-state index in [1.54, 1.807) is 0 Å². The van der Waals surface area contributed by atoms with Crippen molar-refractivity contribution in [3.8, 4) is 0 Å². The second-order valence-electron chi connectivity index (χ2n) is 9.69. The van der Waals surface area contributed by atoms with Crippen LogP contribution in [0, 0.1) is 19.8 Å². The number of likely N-dealkylation sites (tertiary alicyclic amines) is 1. The van der Waals surface area contributed by atoms with Gasteiger partial charge in [0.15, 0.2) is 5.65 Å².